The molecule has 1 aliphatic carbocycles. The van der Waals surface area contributed by atoms with Gasteiger partial charge >= 0.3 is 0 Å². The molecule has 0 saturated heterocycles. The Hall–Kier alpha value is -1.03. The summed E-state index contributed by atoms with van der Waals surface area (Å²) in [5.41, 5.74) is 0. The quantitative estimate of drug-likeness (QED) is 0.776. The third kappa shape index (κ3) is 3.98. The number of hydrogen-bond acceptors (Lipinski definition) is 3. The Balaban J connectivity index is 1.96. The van der Waals surface area contributed by atoms with Gasteiger partial charge in [0.05, 0.1) is 0 Å². The number of anilines is 1. The van der Waals surface area contributed by atoms with E-state index < -0.39 is 0 Å². The molecule has 1 aliphatic rings. The molecule has 0 spiro atoms. The molecule has 1 saturated carbocycles. The number of rotatable bonds is 7. The fraction of sp³-hybridized carbons (Fsp3) is 0.812. The second kappa shape index (κ2) is 7.67. The second-order valence-corrected chi connectivity index (χ2v) is 6.23. The number of aromatic nitrogens is 2. The molecule has 1 fully saturated rings. The minimum absolute atomic E-state index is 0.576. The number of imidazole rings is 1. The van der Waals surface area contributed by atoms with Crippen molar-refractivity contribution in [2.75, 3.05) is 19.0 Å². The Labute approximate surface area is 122 Å². The Morgan fingerprint density at radius 2 is 2.20 bits per heavy atom. The smallest absolute Gasteiger partial charge is 0.202 e. The lowest BCUT2D eigenvalue weighted by molar-refractivity contribution is 0.190. The van der Waals surface area contributed by atoms with E-state index in [9.17, 15) is 0 Å². The molecule has 0 radical (unpaired) electrons. The van der Waals surface area contributed by atoms with Crippen LogP contribution in [0.25, 0.3) is 0 Å². The minimum atomic E-state index is 0.576. The molecule has 0 aliphatic heterocycles. The first-order chi connectivity index (χ1) is 9.72. The maximum atomic E-state index is 5.12. The predicted molar refractivity (Wildman–Crippen MR) is 82.9 cm³/mol. The van der Waals surface area contributed by atoms with E-state index in [-0.39, 0.29) is 0 Å². The largest absolute Gasteiger partial charge is 0.385 e. The second-order valence-electron chi connectivity index (χ2n) is 6.23. The molecule has 0 amide bonds. The molecule has 0 bridgehead atoms. The van der Waals surface area contributed by atoms with E-state index in [1.165, 1.54) is 25.7 Å². The zero-order chi connectivity index (χ0) is 14.4. The molecule has 1 aromatic heterocycles. The molecular formula is C16H29N3O. The van der Waals surface area contributed by atoms with Gasteiger partial charge < -0.3 is 14.6 Å². The van der Waals surface area contributed by atoms with Gasteiger partial charge in [0.1, 0.15) is 0 Å². The number of hydrogen-bond donors (Lipinski definition) is 1. The minimum Gasteiger partial charge on any atom is -0.385 e. The zero-order valence-electron chi connectivity index (χ0n) is 13.1. The van der Waals surface area contributed by atoms with Gasteiger partial charge in [-0.2, -0.15) is 0 Å². The summed E-state index contributed by atoms with van der Waals surface area (Å²) in [7, 11) is 1.75. The number of nitrogens with zero attached hydrogens (tertiary/aromatic N) is 2. The van der Waals surface area contributed by atoms with Crippen molar-refractivity contribution in [3.05, 3.63) is 12.4 Å². The van der Waals surface area contributed by atoms with Gasteiger partial charge in [-0.15, -0.1) is 0 Å². The summed E-state index contributed by atoms with van der Waals surface area (Å²) >= 11 is 0. The van der Waals surface area contributed by atoms with Crippen molar-refractivity contribution in [3.8, 4) is 0 Å². The van der Waals surface area contributed by atoms with Crippen molar-refractivity contribution in [3.63, 3.8) is 0 Å². The molecule has 1 N–H and O–H groups in total. The van der Waals surface area contributed by atoms with E-state index in [2.05, 4.69) is 34.9 Å². The summed E-state index contributed by atoms with van der Waals surface area (Å²) in [6.07, 6.45) is 10.3. The highest BCUT2D eigenvalue weighted by atomic mass is 16.5. The first kappa shape index (κ1) is 15.4. The summed E-state index contributed by atoms with van der Waals surface area (Å²) in [6.45, 7) is 6.45. The summed E-state index contributed by atoms with van der Waals surface area (Å²) in [6, 6.07) is 0.576. The van der Waals surface area contributed by atoms with Crippen LogP contribution in [0, 0.1) is 11.8 Å². The Morgan fingerprint density at radius 3 is 2.95 bits per heavy atom. The van der Waals surface area contributed by atoms with Gasteiger partial charge in [0.2, 0.25) is 5.95 Å². The standard InChI is InChI=1S/C16H29N3O/c1-13(2)14-7-4-5-8-15(14)18-16-17-9-11-19(16)10-6-12-20-3/h9,11,13-15H,4-8,10,12H2,1-3H3,(H,17,18). The fourth-order valence-electron chi connectivity index (χ4n) is 3.31. The average Bonchev–Trinajstić information content (AvgIpc) is 2.87. The molecule has 2 rings (SSSR count). The first-order valence-corrected chi connectivity index (χ1v) is 7.99. The van der Waals surface area contributed by atoms with Gasteiger partial charge in [-0.3, -0.25) is 0 Å². The molecule has 2 unspecified atom stereocenters. The summed E-state index contributed by atoms with van der Waals surface area (Å²) in [4.78, 5) is 4.49. The summed E-state index contributed by atoms with van der Waals surface area (Å²) < 4.78 is 7.34. The maximum absolute atomic E-state index is 5.12. The lowest BCUT2D eigenvalue weighted by atomic mass is 9.78. The van der Waals surface area contributed by atoms with Gasteiger partial charge in [-0.05, 0) is 31.1 Å². The van der Waals surface area contributed by atoms with Gasteiger partial charge in [-0.25, -0.2) is 4.98 Å². The molecule has 4 nitrogen and oxygen atoms in total. The van der Waals surface area contributed by atoms with E-state index in [1.54, 1.807) is 7.11 Å². The molecule has 4 heteroatoms. The van der Waals surface area contributed by atoms with Gasteiger partial charge in [0.25, 0.3) is 0 Å². The Morgan fingerprint density at radius 1 is 1.40 bits per heavy atom. The predicted octanol–water partition coefficient (Wildman–Crippen LogP) is 3.55. The highest BCUT2D eigenvalue weighted by Gasteiger charge is 2.28. The number of nitrogens with one attached hydrogen (secondary N) is 1. The van der Waals surface area contributed by atoms with E-state index in [0.29, 0.717) is 6.04 Å². The van der Waals surface area contributed by atoms with E-state index in [1.807, 2.05) is 6.20 Å². The number of ether oxygens (including phenoxy) is 1. The van der Waals surface area contributed by atoms with Crippen LogP contribution in [0.4, 0.5) is 5.95 Å². The van der Waals surface area contributed by atoms with Crippen molar-refractivity contribution in [2.45, 2.75) is 58.5 Å². The van der Waals surface area contributed by atoms with Crippen LogP contribution >= 0.6 is 0 Å². The van der Waals surface area contributed by atoms with Crippen LogP contribution in [0.3, 0.4) is 0 Å². The van der Waals surface area contributed by atoms with Gasteiger partial charge in [0.15, 0.2) is 0 Å². The third-order valence-electron chi connectivity index (χ3n) is 4.45. The monoisotopic (exact) mass is 279 g/mol. The van der Waals surface area contributed by atoms with Crippen LogP contribution in [0.1, 0.15) is 46.0 Å². The highest BCUT2D eigenvalue weighted by Crippen LogP contribution is 2.32. The van der Waals surface area contributed by atoms with Crippen LogP contribution in [0.15, 0.2) is 12.4 Å². The van der Waals surface area contributed by atoms with Crippen LogP contribution in [-0.4, -0.2) is 29.3 Å². The molecule has 1 aromatic rings. The van der Waals surface area contributed by atoms with E-state index in [4.69, 9.17) is 4.74 Å². The topological polar surface area (TPSA) is 39.1 Å². The Bertz CT molecular complexity index is 389. The molecule has 0 aromatic carbocycles. The third-order valence-corrected chi connectivity index (χ3v) is 4.45. The van der Waals surface area contributed by atoms with Crippen molar-refractivity contribution in [2.24, 2.45) is 11.8 Å². The normalized spacial score (nSPS) is 23.2. The van der Waals surface area contributed by atoms with Crippen molar-refractivity contribution in [1.82, 2.24) is 9.55 Å². The van der Waals surface area contributed by atoms with E-state index in [0.717, 1.165) is 37.4 Å². The van der Waals surface area contributed by atoms with Crippen molar-refractivity contribution >= 4 is 5.95 Å². The van der Waals surface area contributed by atoms with Crippen LogP contribution in [0.5, 0.6) is 0 Å². The van der Waals surface area contributed by atoms with Gasteiger partial charge in [0, 0.05) is 38.7 Å². The molecule has 1 heterocycles. The van der Waals surface area contributed by atoms with E-state index >= 15 is 0 Å². The van der Waals surface area contributed by atoms with Gasteiger partial charge in [-0.1, -0.05) is 26.7 Å². The average molecular weight is 279 g/mol. The summed E-state index contributed by atoms with van der Waals surface area (Å²) in [5.74, 6) is 2.54. The molecular weight excluding hydrogens is 250 g/mol. The molecule has 114 valence electrons. The number of aryl methyl sites for hydroxylation is 1. The van der Waals surface area contributed by atoms with Crippen LogP contribution < -0.4 is 5.32 Å². The fourth-order valence-corrected chi connectivity index (χ4v) is 3.31. The molecule has 2 atom stereocenters. The lowest BCUT2D eigenvalue weighted by Gasteiger charge is -2.35. The van der Waals surface area contributed by atoms with Crippen LogP contribution in [-0.2, 0) is 11.3 Å². The Kier molecular flexibility index (Phi) is 5.89. The highest BCUT2D eigenvalue weighted by molar-refractivity contribution is 5.28. The summed E-state index contributed by atoms with van der Waals surface area (Å²) in [5, 5.41) is 3.70. The first-order valence-electron chi connectivity index (χ1n) is 7.99. The SMILES string of the molecule is COCCCn1ccnc1NC1CCCCC1C(C)C. The number of methoxy groups -OCH3 is 1. The lowest BCUT2D eigenvalue weighted by Crippen LogP contribution is -2.36. The van der Waals surface area contributed by atoms with Crippen LogP contribution in [0.2, 0.25) is 0 Å². The maximum Gasteiger partial charge on any atom is 0.202 e. The van der Waals surface area contributed by atoms with Crippen molar-refractivity contribution in [1.29, 1.82) is 0 Å². The molecule has 20 heavy (non-hydrogen) atoms. The van der Waals surface area contributed by atoms with Crippen molar-refractivity contribution < 1.29 is 4.74 Å². The zero-order valence-corrected chi connectivity index (χ0v) is 13.1.